The van der Waals surface area contributed by atoms with Crippen LogP contribution in [0.2, 0.25) is 0 Å². The third kappa shape index (κ3) is 4.83. The fourth-order valence-electron chi connectivity index (χ4n) is 4.41. The molecule has 2 aromatic heterocycles. The lowest BCUT2D eigenvalue weighted by atomic mass is 9.78. The highest BCUT2D eigenvalue weighted by Crippen LogP contribution is 2.42. The van der Waals surface area contributed by atoms with Gasteiger partial charge in [0.05, 0.1) is 23.2 Å². The van der Waals surface area contributed by atoms with Crippen molar-refractivity contribution in [1.29, 1.82) is 0 Å². The maximum Gasteiger partial charge on any atom is 0.271 e. The van der Waals surface area contributed by atoms with Gasteiger partial charge in [-0.15, -0.1) is 11.3 Å². The van der Waals surface area contributed by atoms with Gasteiger partial charge >= 0.3 is 0 Å². The third-order valence-electron chi connectivity index (χ3n) is 6.40. The van der Waals surface area contributed by atoms with Crippen LogP contribution in [-0.4, -0.2) is 44.0 Å². The summed E-state index contributed by atoms with van der Waals surface area (Å²) in [6.45, 7) is 14.2. The molecule has 3 heterocycles. The highest BCUT2D eigenvalue weighted by atomic mass is 32.1. The van der Waals surface area contributed by atoms with Crippen LogP contribution in [0.15, 0.2) is 30.0 Å². The summed E-state index contributed by atoms with van der Waals surface area (Å²) in [7, 11) is 0. The van der Waals surface area contributed by atoms with Gasteiger partial charge in [-0.05, 0) is 35.8 Å². The van der Waals surface area contributed by atoms with Gasteiger partial charge in [-0.3, -0.25) is 4.79 Å². The van der Waals surface area contributed by atoms with E-state index in [2.05, 4.69) is 69.0 Å². The average Bonchev–Trinajstić information content (AvgIpc) is 3.44. The number of likely N-dealkylation sites (tertiary alicyclic amines) is 1. The first-order valence-corrected chi connectivity index (χ1v) is 12.4. The Morgan fingerprint density at radius 1 is 1.09 bits per heavy atom. The van der Waals surface area contributed by atoms with Crippen molar-refractivity contribution >= 4 is 17.2 Å². The molecule has 0 atom stereocenters. The van der Waals surface area contributed by atoms with Gasteiger partial charge in [-0.1, -0.05) is 41.5 Å². The molecular formula is C26H34N4O2S. The minimum Gasteiger partial charge on any atom is -0.507 e. The Hall–Kier alpha value is -2.67. The van der Waals surface area contributed by atoms with E-state index in [-0.39, 0.29) is 16.7 Å². The zero-order valence-corrected chi connectivity index (χ0v) is 21.2. The minimum atomic E-state index is -0.174. The van der Waals surface area contributed by atoms with E-state index < -0.39 is 0 Å². The molecule has 1 saturated heterocycles. The number of benzene rings is 1. The van der Waals surface area contributed by atoms with Crippen LogP contribution in [-0.2, 0) is 10.8 Å². The molecule has 4 rings (SSSR count). The van der Waals surface area contributed by atoms with Crippen molar-refractivity contribution < 1.29 is 9.90 Å². The predicted molar refractivity (Wildman–Crippen MR) is 133 cm³/mol. The van der Waals surface area contributed by atoms with Crippen LogP contribution in [0.4, 0.5) is 0 Å². The van der Waals surface area contributed by atoms with E-state index in [1.165, 1.54) is 6.33 Å². The van der Waals surface area contributed by atoms with Crippen LogP contribution in [0.25, 0.3) is 11.3 Å². The van der Waals surface area contributed by atoms with Gasteiger partial charge in [-0.2, -0.15) is 0 Å². The Labute approximate surface area is 200 Å². The van der Waals surface area contributed by atoms with E-state index in [1.54, 1.807) is 17.5 Å². The first-order valence-electron chi connectivity index (χ1n) is 11.6. The number of aromatic hydroxyl groups is 1. The molecule has 33 heavy (non-hydrogen) atoms. The van der Waals surface area contributed by atoms with Crippen LogP contribution in [0.1, 0.15) is 86.9 Å². The molecule has 1 amide bonds. The quantitative estimate of drug-likeness (QED) is 0.507. The minimum absolute atomic E-state index is 0.0132. The number of aromatic amines is 1. The Morgan fingerprint density at radius 2 is 1.70 bits per heavy atom. The standard InChI is InChI=1S/C26H34N4O2S/c1-25(2,3)18-11-17(12-19(22(18)31)26(4,5)6)21-14-33-23(29-21)16-7-9-30(10-8-16)24(32)20-13-27-15-28-20/h11-16,31H,7-10H2,1-6H3,(H,27,28). The van der Waals surface area contributed by atoms with Crippen LogP contribution in [0, 0.1) is 0 Å². The second kappa shape index (κ2) is 8.60. The molecule has 1 aliphatic rings. The van der Waals surface area contributed by atoms with E-state index in [9.17, 15) is 9.90 Å². The maximum atomic E-state index is 12.6. The number of nitrogens with zero attached hydrogens (tertiary/aromatic N) is 3. The molecule has 6 nitrogen and oxygen atoms in total. The molecule has 7 heteroatoms. The number of hydrogen-bond acceptors (Lipinski definition) is 5. The first-order chi connectivity index (χ1) is 15.4. The molecule has 176 valence electrons. The van der Waals surface area contributed by atoms with E-state index in [4.69, 9.17) is 4.98 Å². The van der Waals surface area contributed by atoms with Crippen LogP contribution < -0.4 is 0 Å². The number of phenols is 1. The summed E-state index contributed by atoms with van der Waals surface area (Å²) >= 11 is 1.70. The van der Waals surface area contributed by atoms with E-state index in [0.717, 1.165) is 53.3 Å². The number of amides is 1. The monoisotopic (exact) mass is 466 g/mol. The summed E-state index contributed by atoms with van der Waals surface area (Å²) in [5, 5.41) is 14.3. The van der Waals surface area contributed by atoms with Gasteiger partial charge in [0, 0.05) is 41.1 Å². The van der Waals surface area contributed by atoms with Gasteiger partial charge < -0.3 is 15.0 Å². The summed E-state index contributed by atoms with van der Waals surface area (Å²) < 4.78 is 0. The van der Waals surface area contributed by atoms with E-state index in [1.807, 2.05) is 4.90 Å². The van der Waals surface area contributed by atoms with Crippen molar-refractivity contribution in [2.75, 3.05) is 13.1 Å². The molecule has 2 N–H and O–H groups in total. The van der Waals surface area contributed by atoms with Crippen molar-refractivity contribution in [2.24, 2.45) is 0 Å². The highest BCUT2D eigenvalue weighted by molar-refractivity contribution is 7.10. The molecule has 1 fully saturated rings. The zero-order chi connectivity index (χ0) is 24.0. The number of carbonyl (C=O) groups excluding carboxylic acids is 1. The summed E-state index contributed by atoms with van der Waals surface area (Å²) in [5.74, 6) is 0.763. The van der Waals surface area contributed by atoms with Gasteiger partial charge in [0.25, 0.3) is 5.91 Å². The van der Waals surface area contributed by atoms with Gasteiger partial charge in [-0.25, -0.2) is 9.97 Å². The van der Waals surface area contributed by atoms with Crippen LogP contribution in [0.3, 0.4) is 0 Å². The van der Waals surface area contributed by atoms with Gasteiger partial charge in [0.1, 0.15) is 11.4 Å². The average molecular weight is 467 g/mol. The number of hydrogen-bond donors (Lipinski definition) is 2. The first kappa shape index (κ1) is 23.5. The van der Waals surface area contributed by atoms with Crippen molar-refractivity contribution in [3.05, 3.63) is 51.9 Å². The molecule has 0 spiro atoms. The molecule has 0 saturated carbocycles. The number of nitrogens with one attached hydrogen (secondary N) is 1. The Bertz CT molecular complexity index is 1090. The second-order valence-electron chi connectivity index (χ2n) is 11.0. The largest absolute Gasteiger partial charge is 0.507 e. The molecule has 0 radical (unpaired) electrons. The highest BCUT2D eigenvalue weighted by Gasteiger charge is 2.29. The van der Waals surface area contributed by atoms with Crippen molar-refractivity contribution in [3.63, 3.8) is 0 Å². The lowest BCUT2D eigenvalue weighted by Gasteiger charge is -2.30. The van der Waals surface area contributed by atoms with Crippen LogP contribution in [0.5, 0.6) is 5.75 Å². The third-order valence-corrected chi connectivity index (χ3v) is 7.41. The molecular weight excluding hydrogens is 432 g/mol. The summed E-state index contributed by atoms with van der Waals surface area (Å²) in [4.78, 5) is 26.3. The number of phenolic OH excluding ortho intramolecular Hbond substituents is 1. The van der Waals surface area contributed by atoms with Crippen molar-refractivity contribution in [2.45, 2.75) is 71.1 Å². The molecule has 1 aromatic carbocycles. The Balaban J connectivity index is 1.56. The van der Waals surface area contributed by atoms with Crippen molar-refractivity contribution in [1.82, 2.24) is 19.9 Å². The number of imidazole rings is 1. The topological polar surface area (TPSA) is 82.1 Å². The number of piperidine rings is 1. The molecule has 0 aliphatic carbocycles. The fraction of sp³-hybridized carbons (Fsp3) is 0.500. The molecule has 3 aromatic rings. The fourth-order valence-corrected chi connectivity index (χ4v) is 5.41. The number of thiazole rings is 1. The van der Waals surface area contributed by atoms with Gasteiger partial charge in [0.2, 0.25) is 0 Å². The Morgan fingerprint density at radius 3 is 2.21 bits per heavy atom. The Kier molecular flexibility index (Phi) is 6.12. The summed E-state index contributed by atoms with van der Waals surface area (Å²) in [5.41, 5.74) is 4.11. The number of H-pyrrole nitrogens is 1. The van der Waals surface area contributed by atoms with E-state index >= 15 is 0 Å². The van der Waals surface area contributed by atoms with Gasteiger partial charge in [0.15, 0.2) is 0 Å². The number of aromatic nitrogens is 3. The number of carbonyl (C=O) groups is 1. The molecule has 1 aliphatic heterocycles. The van der Waals surface area contributed by atoms with Crippen molar-refractivity contribution in [3.8, 4) is 17.0 Å². The smallest absolute Gasteiger partial charge is 0.271 e. The summed E-state index contributed by atoms with van der Waals surface area (Å²) in [6, 6.07) is 4.18. The molecule has 0 unspecified atom stereocenters. The normalized spacial score (nSPS) is 15.8. The zero-order valence-electron chi connectivity index (χ0n) is 20.4. The SMILES string of the molecule is CC(C)(C)c1cc(-c2csc(C3CCN(C(=O)c4cnc[nH]4)CC3)n2)cc(C(C)(C)C)c1O. The summed E-state index contributed by atoms with van der Waals surface area (Å²) in [6.07, 6.45) is 4.93. The van der Waals surface area contributed by atoms with Crippen LogP contribution >= 0.6 is 11.3 Å². The maximum absolute atomic E-state index is 12.6. The lowest BCUT2D eigenvalue weighted by molar-refractivity contribution is 0.0707. The second-order valence-corrected chi connectivity index (χ2v) is 11.9. The number of rotatable bonds is 3. The predicted octanol–water partition coefficient (Wildman–Crippen LogP) is 5.85. The van der Waals surface area contributed by atoms with E-state index in [0.29, 0.717) is 17.4 Å². The lowest BCUT2D eigenvalue weighted by Crippen LogP contribution is -2.38. The molecule has 0 bridgehead atoms.